The summed E-state index contributed by atoms with van der Waals surface area (Å²) in [5.41, 5.74) is 14.0. The first kappa shape index (κ1) is 15.5. The van der Waals surface area contributed by atoms with Crippen molar-refractivity contribution < 1.29 is 9.90 Å². The van der Waals surface area contributed by atoms with Crippen LogP contribution in [0.15, 0.2) is 55.1 Å². The molecule has 3 rings (SSSR count). The number of aromatic nitrogens is 3. The molecule has 1 unspecified atom stereocenters. The number of carboxylic acid groups (broad SMARTS) is 1. The number of hydrogen-bond acceptors (Lipinski definition) is 5. The van der Waals surface area contributed by atoms with Gasteiger partial charge < -0.3 is 21.1 Å². The van der Waals surface area contributed by atoms with Gasteiger partial charge in [-0.15, -0.1) is 0 Å². The van der Waals surface area contributed by atoms with Crippen molar-refractivity contribution in [3.8, 4) is 5.69 Å². The van der Waals surface area contributed by atoms with Crippen molar-refractivity contribution in [2.24, 2.45) is 0 Å². The van der Waals surface area contributed by atoms with Gasteiger partial charge in [-0.3, -0.25) is 4.79 Å². The molecule has 1 aromatic carbocycles. The number of hydrogen-bond donors (Lipinski definition) is 3. The van der Waals surface area contributed by atoms with Crippen LogP contribution in [0.5, 0.6) is 0 Å². The molecular formula is C17H17N5O2. The summed E-state index contributed by atoms with van der Waals surface area (Å²) in [5.74, 6) is -1.29. The molecule has 0 spiro atoms. The van der Waals surface area contributed by atoms with E-state index in [1.165, 1.54) is 0 Å². The summed E-state index contributed by atoms with van der Waals surface area (Å²) in [7, 11) is 0. The monoisotopic (exact) mass is 323 g/mol. The van der Waals surface area contributed by atoms with Gasteiger partial charge in [0, 0.05) is 23.8 Å². The molecule has 3 aromatic rings. The number of carbonyl (C=O) groups is 1. The summed E-state index contributed by atoms with van der Waals surface area (Å²) >= 11 is 0. The third-order valence-corrected chi connectivity index (χ3v) is 3.74. The molecule has 0 aliphatic heterocycles. The Morgan fingerprint density at radius 1 is 1.12 bits per heavy atom. The highest BCUT2D eigenvalue weighted by Crippen LogP contribution is 2.21. The van der Waals surface area contributed by atoms with Crippen LogP contribution < -0.4 is 11.5 Å². The van der Waals surface area contributed by atoms with Crippen LogP contribution >= 0.6 is 0 Å². The van der Waals surface area contributed by atoms with Crippen molar-refractivity contribution in [1.82, 2.24) is 14.5 Å². The Morgan fingerprint density at radius 3 is 2.50 bits per heavy atom. The predicted molar refractivity (Wildman–Crippen MR) is 90.7 cm³/mol. The second-order valence-electron chi connectivity index (χ2n) is 5.48. The number of rotatable bonds is 5. The first-order valence-electron chi connectivity index (χ1n) is 7.36. The van der Waals surface area contributed by atoms with E-state index in [1.54, 1.807) is 47.6 Å². The fourth-order valence-corrected chi connectivity index (χ4v) is 2.42. The maximum Gasteiger partial charge on any atom is 0.312 e. The fourth-order valence-electron chi connectivity index (χ4n) is 2.42. The number of pyridine rings is 1. The molecule has 0 aliphatic rings. The highest BCUT2D eigenvalue weighted by molar-refractivity contribution is 5.75. The summed E-state index contributed by atoms with van der Waals surface area (Å²) in [6.45, 7) is 0. The largest absolute Gasteiger partial charge is 0.481 e. The predicted octanol–water partition coefficient (Wildman–Crippen LogP) is 1.84. The van der Waals surface area contributed by atoms with E-state index in [0.717, 1.165) is 11.3 Å². The Kier molecular flexibility index (Phi) is 4.15. The summed E-state index contributed by atoms with van der Waals surface area (Å²) < 4.78 is 1.77. The minimum atomic E-state index is -0.936. The Labute approximate surface area is 138 Å². The summed E-state index contributed by atoms with van der Waals surface area (Å²) in [4.78, 5) is 19.9. The van der Waals surface area contributed by atoms with E-state index in [-0.39, 0.29) is 0 Å². The van der Waals surface area contributed by atoms with Gasteiger partial charge in [0.2, 0.25) is 0 Å². The lowest BCUT2D eigenvalue weighted by molar-refractivity contribution is -0.138. The van der Waals surface area contributed by atoms with Crippen molar-refractivity contribution in [1.29, 1.82) is 0 Å². The molecule has 7 nitrogen and oxygen atoms in total. The van der Waals surface area contributed by atoms with Crippen molar-refractivity contribution in [3.63, 3.8) is 0 Å². The molecule has 122 valence electrons. The van der Waals surface area contributed by atoms with Gasteiger partial charge in [0.1, 0.15) is 11.7 Å². The second kappa shape index (κ2) is 6.41. The van der Waals surface area contributed by atoms with E-state index in [2.05, 4.69) is 9.97 Å². The Hall–Kier alpha value is -3.35. The van der Waals surface area contributed by atoms with E-state index >= 15 is 0 Å². The average molecular weight is 323 g/mol. The second-order valence-corrected chi connectivity index (χ2v) is 5.48. The first-order chi connectivity index (χ1) is 11.5. The van der Waals surface area contributed by atoms with E-state index in [1.807, 2.05) is 12.1 Å². The van der Waals surface area contributed by atoms with Crippen LogP contribution in [0.3, 0.4) is 0 Å². The van der Waals surface area contributed by atoms with Crippen molar-refractivity contribution in [2.45, 2.75) is 12.3 Å². The van der Waals surface area contributed by atoms with Crippen LogP contribution in [-0.4, -0.2) is 25.6 Å². The molecule has 0 fully saturated rings. The lowest BCUT2D eigenvalue weighted by Crippen LogP contribution is -2.15. The SMILES string of the molecule is Nc1ccc(-n2cnc(C(Cc3ccc(N)nc3)C(=O)O)c2)cc1. The highest BCUT2D eigenvalue weighted by atomic mass is 16.4. The topological polar surface area (TPSA) is 120 Å². The standard InChI is InChI=1S/C17H17N5O2/c18-12-2-4-13(5-3-12)22-9-15(21-10-22)14(17(23)24)7-11-1-6-16(19)20-8-11/h1-6,8-10,14H,7,18H2,(H2,19,20)(H,23,24). The van der Waals surface area contributed by atoms with E-state index in [9.17, 15) is 9.90 Å². The number of imidazole rings is 1. The minimum absolute atomic E-state index is 0.293. The molecule has 0 saturated heterocycles. The number of nitrogens with two attached hydrogens (primary N) is 2. The Morgan fingerprint density at radius 2 is 1.88 bits per heavy atom. The van der Waals surface area contributed by atoms with Crippen LogP contribution in [0.25, 0.3) is 5.69 Å². The van der Waals surface area contributed by atoms with Gasteiger partial charge in [-0.2, -0.15) is 0 Å². The molecular weight excluding hydrogens is 306 g/mol. The third-order valence-electron chi connectivity index (χ3n) is 3.74. The maximum atomic E-state index is 11.7. The summed E-state index contributed by atoms with van der Waals surface area (Å²) in [6, 6.07) is 10.7. The molecule has 24 heavy (non-hydrogen) atoms. The normalized spacial score (nSPS) is 12.0. The average Bonchev–Trinajstić information content (AvgIpc) is 3.04. The van der Waals surface area contributed by atoms with Gasteiger partial charge in [0.15, 0.2) is 0 Å². The van der Waals surface area contributed by atoms with E-state index in [0.29, 0.717) is 23.6 Å². The van der Waals surface area contributed by atoms with E-state index < -0.39 is 11.9 Å². The minimum Gasteiger partial charge on any atom is -0.481 e. The number of nitrogens with zero attached hydrogens (tertiary/aromatic N) is 3. The zero-order valence-corrected chi connectivity index (χ0v) is 12.8. The third kappa shape index (κ3) is 3.35. The molecule has 0 amide bonds. The Bertz CT molecular complexity index is 840. The molecule has 0 bridgehead atoms. The number of carboxylic acids is 1. The molecule has 1 atom stereocenters. The summed E-state index contributed by atoms with van der Waals surface area (Å²) in [6.07, 6.45) is 5.19. The van der Waals surface area contributed by atoms with Crippen LogP contribution in [0.2, 0.25) is 0 Å². The number of benzene rings is 1. The van der Waals surface area contributed by atoms with Gasteiger partial charge in [0.25, 0.3) is 0 Å². The van der Waals surface area contributed by atoms with Crippen LogP contribution in [-0.2, 0) is 11.2 Å². The number of nitrogen functional groups attached to an aromatic ring is 2. The molecule has 0 saturated carbocycles. The van der Waals surface area contributed by atoms with E-state index in [4.69, 9.17) is 11.5 Å². The summed E-state index contributed by atoms with van der Waals surface area (Å²) in [5, 5.41) is 9.55. The van der Waals surface area contributed by atoms with Gasteiger partial charge in [0.05, 0.1) is 12.0 Å². The zero-order valence-electron chi connectivity index (χ0n) is 12.8. The van der Waals surface area contributed by atoms with Gasteiger partial charge in [-0.25, -0.2) is 9.97 Å². The molecule has 2 aromatic heterocycles. The lowest BCUT2D eigenvalue weighted by Gasteiger charge is -2.10. The van der Waals surface area contributed by atoms with Gasteiger partial charge in [-0.05, 0) is 42.3 Å². The smallest absolute Gasteiger partial charge is 0.312 e. The molecule has 5 N–H and O–H groups in total. The zero-order chi connectivity index (χ0) is 17.1. The van der Waals surface area contributed by atoms with Crippen LogP contribution in [0.4, 0.5) is 11.5 Å². The quantitative estimate of drug-likeness (QED) is 0.616. The molecule has 7 heteroatoms. The Balaban J connectivity index is 1.85. The molecule has 0 aliphatic carbocycles. The maximum absolute atomic E-state index is 11.7. The van der Waals surface area contributed by atoms with Crippen molar-refractivity contribution in [3.05, 3.63) is 66.4 Å². The van der Waals surface area contributed by atoms with Gasteiger partial charge >= 0.3 is 5.97 Å². The van der Waals surface area contributed by atoms with Crippen LogP contribution in [0.1, 0.15) is 17.2 Å². The number of aliphatic carboxylic acids is 1. The fraction of sp³-hybridized carbons (Fsp3) is 0.118. The lowest BCUT2D eigenvalue weighted by atomic mass is 9.98. The molecule has 0 radical (unpaired) electrons. The van der Waals surface area contributed by atoms with Crippen molar-refractivity contribution in [2.75, 3.05) is 11.5 Å². The highest BCUT2D eigenvalue weighted by Gasteiger charge is 2.23. The number of anilines is 2. The van der Waals surface area contributed by atoms with Crippen LogP contribution in [0, 0.1) is 0 Å². The van der Waals surface area contributed by atoms with Gasteiger partial charge in [-0.1, -0.05) is 6.07 Å². The van der Waals surface area contributed by atoms with Crippen molar-refractivity contribution >= 4 is 17.5 Å². The first-order valence-corrected chi connectivity index (χ1v) is 7.36. The molecule has 2 heterocycles.